The fourth-order valence-electron chi connectivity index (χ4n) is 1.66. The van der Waals surface area contributed by atoms with Crippen molar-refractivity contribution in [1.82, 2.24) is 4.98 Å². The lowest BCUT2D eigenvalue weighted by Gasteiger charge is -2.08. The van der Waals surface area contributed by atoms with Crippen LogP contribution in [0.3, 0.4) is 0 Å². The molecular weight excluding hydrogens is 302 g/mol. The van der Waals surface area contributed by atoms with Gasteiger partial charge in [-0.25, -0.2) is 4.79 Å². The Morgan fingerprint density at radius 1 is 1.50 bits per heavy atom. The number of fused-ring (bicyclic) bond motifs is 1. The van der Waals surface area contributed by atoms with Crippen molar-refractivity contribution >= 4 is 32.8 Å². The third-order valence-corrected chi connectivity index (χ3v) is 2.92. The Bertz CT molecular complexity index is 678. The normalized spacial score (nSPS) is 10.6. The zero-order chi connectivity index (χ0) is 13.3. The molecule has 0 aliphatic heterocycles. The lowest BCUT2D eigenvalue weighted by molar-refractivity contribution is 0.0525. The molecule has 0 fully saturated rings. The second kappa shape index (κ2) is 4.81. The van der Waals surface area contributed by atoms with E-state index in [0.717, 1.165) is 4.47 Å². The van der Waals surface area contributed by atoms with Gasteiger partial charge in [-0.15, -0.1) is 0 Å². The van der Waals surface area contributed by atoms with Crippen molar-refractivity contribution in [3.05, 3.63) is 38.6 Å². The topological polar surface area (TPSA) is 79.4 Å². The van der Waals surface area contributed by atoms with E-state index >= 15 is 0 Å². The molecule has 0 spiro atoms. The predicted molar refractivity (Wildman–Crippen MR) is 69.9 cm³/mol. The summed E-state index contributed by atoms with van der Waals surface area (Å²) in [4.78, 5) is 25.8. The minimum atomic E-state index is -0.718. The number of hydrogen-bond donors (Lipinski definition) is 2. The number of pyridine rings is 1. The molecule has 18 heavy (non-hydrogen) atoms. The Morgan fingerprint density at radius 2 is 2.22 bits per heavy atom. The number of carbonyl (C=O) groups excluding carboxylic acids is 1. The van der Waals surface area contributed by atoms with E-state index in [4.69, 9.17) is 4.74 Å². The van der Waals surface area contributed by atoms with Crippen LogP contribution >= 0.6 is 15.9 Å². The number of halogens is 1. The Morgan fingerprint density at radius 3 is 2.89 bits per heavy atom. The summed E-state index contributed by atoms with van der Waals surface area (Å²) in [6.07, 6.45) is 0. The summed E-state index contributed by atoms with van der Waals surface area (Å²) in [6.45, 7) is 1.82. The molecule has 5 nitrogen and oxygen atoms in total. The van der Waals surface area contributed by atoms with Gasteiger partial charge in [-0.05, 0) is 25.1 Å². The van der Waals surface area contributed by atoms with Gasteiger partial charge >= 0.3 is 5.97 Å². The van der Waals surface area contributed by atoms with Crippen LogP contribution in [0.4, 0.5) is 0 Å². The van der Waals surface area contributed by atoms with Crippen molar-refractivity contribution in [2.24, 2.45) is 0 Å². The number of aromatic nitrogens is 1. The highest BCUT2D eigenvalue weighted by atomic mass is 79.9. The molecule has 6 heteroatoms. The molecular formula is C12H10BrNO4. The number of aromatic amines is 1. The van der Waals surface area contributed by atoms with E-state index in [1.54, 1.807) is 25.1 Å². The minimum Gasteiger partial charge on any atom is -0.502 e. The molecule has 1 heterocycles. The molecule has 94 valence electrons. The SMILES string of the molecule is CCOC(=O)c1c(O)c(=O)[nH]c2ccc(Br)cc12. The van der Waals surface area contributed by atoms with Crippen molar-refractivity contribution in [2.75, 3.05) is 6.61 Å². The third kappa shape index (κ3) is 2.11. The molecule has 0 unspecified atom stereocenters. The summed E-state index contributed by atoms with van der Waals surface area (Å²) in [7, 11) is 0. The fraction of sp³-hybridized carbons (Fsp3) is 0.167. The molecule has 2 rings (SSSR count). The number of benzene rings is 1. The number of carbonyl (C=O) groups is 1. The minimum absolute atomic E-state index is 0.114. The first kappa shape index (κ1) is 12.6. The van der Waals surface area contributed by atoms with E-state index < -0.39 is 17.3 Å². The number of nitrogens with one attached hydrogen (secondary N) is 1. The van der Waals surface area contributed by atoms with E-state index in [0.29, 0.717) is 10.9 Å². The van der Waals surface area contributed by atoms with Crippen LogP contribution in [-0.2, 0) is 4.74 Å². The number of ether oxygens (including phenoxy) is 1. The molecule has 1 aromatic heterocycles. The van der Waals surface area contributed by atoms with Crippen LogP contribution in [0, 0.1) is 0 Å². The molecule has 0 radical (unpaired) electrons. The number of H-pyrrole nitrogens is 1. The first-order valence-corrected chi connectivity index (χ1v) is 6.05. The highest BCUT2D eigenvalue weighted by molar-refractivity contribution is 9.10. The lowest BCUT2D eigenvalue weighted by Crippen LogP contribution is -2.14. The maximum absolute atomic E-state index is 11.8. The van der Waals surface area contributed by atoms with Gasteiger partial charge in [0.1, 0.15) is 5.56 Å². The molecule has 2 N–H and O–H groups in total. The van der Waals surface area contributed by atoms with Crippen molar-refractivity contribution in [2.45, 2.75) is 6.92 Å². The second-order valence-corrected chi connectivity index (χ2v) is 4.50. The molecule has 0 bridgehead atoms. The van der Waals surface area contributed by atoms with Gasteiger partial charge in [-0.2, -0.15) is 0 Å². The van der Waals surface area contributed by atoms with E-state index in [1.165, 1.54) is 0 Å². The molecule has 0 aliphatic rings. The van der Waals surface area contributed by atoms with Crippen LogP contribution in [0.5, 0.6) is 5.75 Å². The number of rotatable bonds is 2. The Balaban J connectivity index is 2.82. The largest absolute Gasteiger partial charge is 0.502 e. The average molecular weight is 312 g/mol. The van der Waals surface area contributed by atoms with Crippen LogP contribution in [0.2, 0.25) is 0 Å². The molecule has 0 aliphatic carbocycles. The highest BCUT2D eigenvalue weighted by Crippen LogP contribution is 2.26. The van der Waals surface area contributed by atoms with Crippen LogP contribution in [0.15, 0.2) is 27.5 Å². The van der Waals surface area contributed by atoms with Gasteiger partial charge in [-0.1, -0.05) is 15.9 Å². The Hall–Kier alpha value is -1.82. The van der Waals surface area contributed by atoms with Gasteiger partial charge in [-0.3, -0.25) is 4.79 Å². The van der Waals surface area contributed by atoms with Gasteiger partial charge in [0, 0.05) is 15.4 Å². The average Bonchev–Trinajstić information content (AvgIpc) is 2.31. The number of aromatic hydroxyl groups is 1. The van der Waals surface area contributed by atoms with E-state index in [2.05, 4.69) is 20.9 Å². The van der Waals surface area contributed by atoms with Gasteiger partial charge in [0.25, 0.3) is 5.56 Å². The molecule has 0 saturated heterocycles. The predicted octanol–water partition coefficient (Wildman–Crippen LogP) is 2.17. The quantitative estimate of drug-likeness (QED) is 0.833. The lowest BCUT2D eigenvalue weighted by atomic mass is 10.1. The molecule has 0 amide bonds. The first-order chi connectivity index (χ1) is 8.54. The summed E-state index contributed by atoms with van der Waals surface area (Å²) in [5.74, 6) is -1.34. The molecule has 0 atom stereocenters. The fourth-order valence-corrected chi connectivity index (χ4v) is 2.03. The van der Waals surface area contributed by atoms with Gasteiger partial charge in [0.15, 0.2) is 5.75 Å². The Kier molecular flexibility index (Phi) is 3.38. The third-order valence-electron chi connectivity index (χ3n) is 2.43. The van der Waals surface area contributed by atoms with Gasteiger partial charge in [0.05, 0.1) is 6.61 Å². The number of hydrogen-bond acceptors (Lipinski definition) is 4. The van der Waals surface area contributed by atoms with Gasteiger partial charge in [0.2, 0.25) is 0 Å². The summed E-state index contributed by atoms with van der Waals surface area (Å²) >= 11 is 3.27. The van der Waals surface area contributed by atoms with E-state index in [1.807, 2.05) is 0 Å². The summed E-state index contributed by atoms with van der Waals surface area (Å²) in [5.41, 5.74) is -0.367. The number of esters is 1. The first-order valence-electron chi connectivity index (χ1n) is 5.26. The molecule has 1 aromatic carbocycles. The second-order valence-electron chi connectivity index (χ2n) is 3.59. The Labute approximate surface area is 111 Å². The van der Waals surface area contributed by atoms with E-state index in [9.17, 15) is 14.7 Å². The van der Waals surface area contributed by atoms with Crippen LogP contribution < -0.4 is 5.56 Å². The van der Waals surface area contributed by atoms with Crippen LogP contribution in [0.25, 0.3) is 10.9 Å². The van der Waals surface area contributed by atoms with Crippen molar-refractivity contribution < 1.29 is 14.6 Å². The zero-order valence-electron chi connectivity index (χ0n) is 9.49. The maximum atomic E-state index is 11.8. The zero-order valence-corrected chi connectivity index (χ0v) is 11.1. The van der Waals surface area contributed by atoms with Crippen molar-refractivity contribution in [3.63, 3.8) is 0 Å². The molecule has 2 aromatic rings. The smallest absolute Gasteiger partial charge is 0.342 e. The summed E-state index contributed by atoms with van der Waals surface area (Å²) in [6, 6.07) is 5.00. The van der Waals surface area contributed by atoms with Crippen LogP contribution in [-0.4, -0.2) is 22.7 Å². The van der Waals surface area contributed by atoms with Crippen molar-refractivity contribution in [3.8, 4) is 5.75 Å². The summed E-state index contributed by atoms with van der Waals surface area (Å²) in [5, 5.41) is 10.2. The van der Waals surface area contributed by atoms with E-state index in [-0.39, 0.29) is 12.2 Å². The maximum Gasteiger partial charge on any atom is 0.342 e. The summed E-state index contributed by atoms with van der Waals surface area (Å²) < 4.78 is 5.57. The monoisotopic (exact) mass is 311 g/mol. The highest BCUT2D eigenvalue weighted by Gasteiger charge is 2.19. The van der Waals surface area contributed by atoms with Crippen molar-refractivity contribution in [1.29, 1.82) is 0 Å². The standard InChI is InChI=1S/C12H10BrNO4/c1-2-18-12(17)9-7-5-6(13)3-4-8(7)14-11(16)10(9)15/h3-5,15H,2H2,1H3,(H,14,16). The molecule has 0 saturated carbocycles. The van der Waals surface area contributed by atoms with Gasteiger partial charge < -0.3 is 14.8 Å². The van der Waals surface area contributed by atoms with Crippen LogP contribution in [0.1, 0.15) is 17.3 Å².